The van der Waals surface area contributed by atoms with Crippen molar-refractivity contribution >= 4 is 40.6 Å². The van der Waals surface area contributed by atoms with Gasteiger partial charge >= 0.3 is 0 Å². The van der Waals surface area contributed by atoms with E-state index >= 15 is 0 Å². The van der Waals surface area contributed by atoms with E-state index < -0.39 is 0 Å². The fourth-order valence-electron chi connectivity index (χ4n) is 0.897. The molecule has 0 saturated heterocycles. The van der Waals surface area contributed by atoms with Gasteiger partial charge in [0.2, 0.25) is 0 Å². The van der Waals surface area contributed by atoms with Crippen LogP contribution in [-0.2, 0) is 0 Å². The van der Waals surface area contributed by atoms with Crippen molar-refractivity contribution in [3.8, 4) is 0 Å². The molecule has 0 bridgehead atoms. The molecule has 0 fully saturated rings. The summed E-state index contributed by atoms with van der Waals surface area (Å²) in [7, 11) is 0. The lowest BCUT2D eigenvalue weighted by Crippen LogP contribution is -2.09. The highest BCUT2D eigenvalue weighted by Crippen LogP contribution is 1.99. The van der Waals surface area contributed by atoms with Crippen LogP contribution >= 0.6 is 24.0 Å². The summed E-state index contributed by atoms with van der Waals surface area (Å²) in [5, 5.41) is 3.93. The minimum atomic E-state index is 0.666. The maximum atomic E-state index is 4.91. The number of allylic oxidation sites excluding steroid dienone is 1. The van der Waals surface area contributed by atoms with Crippen LogP contribution in [0.5, 0.6) is 0 Å². The van der Waals surface area contributed by atoms with Crippen molar-refractivity contribution < 1.29 is 0 Å². The van der Waals surface area contributed by atoms with Gasteiger partial charge in [0.1, 0.15) is 0 Å². The number of nitrogens with one attached hydrogen (secondary N) is 1. The van der Waals surface area contributed by atoms with Crippen LogP contribution in [0.3, 0.4) is 0 Å². The summed E-state index contributed by atoms with van der Waals surface area (Å²) in [6.45, 7) is 0. The smallest absolute Gasteiger partial charge is 0.153 e. The normalized spacial score (nSPS) is 11.0. The molecule has 0 unspecified atom stereocenters. The molecule has 2 nitrogen and oxygen atoms in total. The summed E-state index contributed by atoms with van der Waals surface area (Å²) < 4.78 is 0.666. The fourth-order valence-corrected chi connectivity index (χ4v) is 1.09. The molecule has 0 amide bonds. The molecule has 0 saturated carbocycles. The highest BCUT2D eigenvalue weighted by Gasteiger charge is 1.84. The quantitative estimate of drug-likeness (QED) is 0.496. The molecule has 0 spiro atoms. The molecule has 0 aromatic heterocycles. The van der Waals surface area contributed by atoms with Crippen LogP contribution < -0.4 is 5.43 Å². The second-order valence-electron chi connectivity index (χ2n) is 2.65. The minimum Gasteiger partial charge on any atom is -0.262 e. The van der Waals surface area contributed by atoms with E-state index in [1.807, 2.05) is 48.7 Å². The van der Waals surface area contributed by atoms with E-state index in [0.717, 1.165) is 5.56 Å². The number of benzene rings is 1. The highest BCUT2D eigenvalue weighted by molar-refractivity contribution is 8.22. The molecule has 1 rings (SSSR count). The molecule has 0 aliphatic heterocycles. The first-order valence-electron chi connectivity index (χ1n) is 4.41. The lowest BCUT2D eigenvalue weighted by molar-refractivity contribution is 1.08. The van der Waals surface area contributed by atoms with Crippen molar-refractivity contribution in [3.05, 3.63) is 42.0 Å². The molecule has 0 heterocycles. The summed E-state index contributed by atoms with van der Waals surface area (Å²) in [5.41, 5.74) is 3.88. The Balaban J connectivity index is 2.37. The van der Waals surface area contributed by atoms with Crippen molar-refractivity contribution in [2.75, 3.05) is 6.26 Å². The Labute approximate surface area is 99.5 Å². The summed E-state index contributed by atoms with van der Waals surface area (Å²) in [6, 6.07) is 10.0. The molecule has 0 aliphatic rings. The number of thiocarbonyl (C=S) groups is 1. The highest BCUT2D eigenvalue weighted by atomic mass is 32.2. The average molecular weight is 236 g/mol. The Kier molecular flexibility index (Phi) is 5.73. The molecular formula is C11H12N2S2. The zero-order valence-corrected chi connectivity index (χ0v) is 10.0. The van der Waals surface area contributed by atoms with Crippen LogP contribution in [0.2, 0.25) is 0 Å². The number of rotatable bonds is 3. The van der Waals surface area contributed by atoms with Gasteiger partial charge in [-0.25, -0.2) is 0 Å². The van der Waals surface area contributed by atoms with E-state index in [9.17, 15) is 0 Å². The number of nitrogens with zero attached hydrogens (tertiary/aromatic N) is 1. The van der Waals surface area contributed by atoms with Crippen molar-refractivity contribution in [1.29, 1.82) is 0 Å². The Bertz CT molecular complexity index is 358. The van der Waals surface area contributed by atoms with Gasteiger partial charge in [0.15, 0.2) is 4.32 Å². The maximum absolute atomic E-state index is 4.91. The molecule has 0 atom stereocenters. The maximum Gasteiger partial charge on any atom is 0.153 e. The van der Waals surface area contributed by atoms with E-state index in [2.05, 4.69) is 10.5 Å². The van der Waals surface area contributed by atoms with Gasteiger partial charge in [-0.1, -0.05) is 60.4 Å². The molecule has 1 aromatic carbocycles. The van der Waals surface area contributed by atoms with Gasteiger partial charge in [0, 0.05) is 6.21 Å². The van der Waals surface area contributed by atoms with Gasteiger partial charge in [-0.05, 0) is 17.9 Å². The Morgan fingerprint density at radius 1 is 1.40 bits per heavy atom. The van der Waals surface area contributed by atoms with Crippen LogP contribution in [0.25, 0.3) is 6.08 Å². The molecule has 0 aliphatic carbocycles. The predicted molar refractivity (Wildman–Crippen MR) is 73.2 cm³/mol. The van der Waals surface area contributed by atoms with Gasteiger partial charge in [-0.3, -0.25) is 5.43 Å². The first kappa shape index (κ1) is 11.9. The van der Waals surface area contributed by atoms with Gasteiger partial charge in [-0.2, -0.15) is 5.10 Å². The molecule has 78 valence electrons. The lowest BCUT2D eigenvalue weighted by atomic mass is 10.2. The Morgan fingerprint density at radius 2 is 2.13 bits per heavy atom. The minimum absolute atomic E-state index is 0.666. The third-order valence-electron chi connectivity index (χ3n) is 1.59. The molecule has 0 radical (unpaired) electrons. The third-order valence-corrected chi connectivity index (χ3v) is 2.64. The van der Waals surface area contributed by atoms with Gasteiger partial charge in [-0.15, -0.1) is 0 Å². The molecular weight excluding hydrogens is 224 g/mol. The molecule has 1 aromatic rings. The number of thioether (sulfide) groups is 1. The monoisotopic (exact) mass is 236 g/mol. The fraction of sp³-hybridized carbons (Fsp3) is 0.0909. The van der Waals surface area contributed by atoms with Crippen LogP contribution in [0.1, 0.15) is 5.56 Å². The number of hydrazone groups is 1. The predicted octanol–water partition coefficient (Wildman–Crippen LogP) is 2.92. The van der Waals surface area contributed by atoms with Crippen LogP contribution in [0.15, 0.2) is 41.5 Å². The Hall–Kier alpha value is -1.13. The first-order chi connectivity index (χ1) is 7.33. The van der Waals surface area contributed by atoms with Gasteiger partial charge in [0.05, 0.1) is 0 Å². The second-order valence-corrected chi connectivity index (χ2v) is 4.13. The standard InChI is InChI=1S/C11H12N2S2/c1-15-11(14)13-12-9-5-8-10-6-3-2-4-7-10/h2-9H,1H3,(H,13,14). The molecule has 15 heavy (non-hydrogen) atoms. The van der Waals surface area contributed by atoms with Crippen molar-refractivity contribution in [3.63, 3.8) is 0 Å². The average Bonchev–Trinajstić information content (AvgIpc) is 2.29. The lowest BCUT2D eigenvalue weighted by Gasteiger charge is -1.94. The van der Waals surface area contributed by atoms with Crippen molar-refractivity contribution in [2.24, 2.45) is 5.10 Å². The topological polar surface area (TPSA) is 24.4 Å². The van der Waals surface area contributed by atoms with Gasteiger partial charge < -0.3 is 0 Å². The summed E-state index contributed by atoms with van der Waals surface area (Å²) >= 11 is 6.37. The summed E-state index contributed by atoms with van der Waals surface area (Å²) in [4.78, 5) is 0. The Morgan fingerprint density at radius 3 is 2.80 bits per heavy atom. The van der Waals surface area contributed by atoms with Crippen molar-refractivity contribution in [2.45, 2.75) is 0 Å². The van der Waals surface area contributed by atoms with Crippen LogP contribution in [-0.4, -0.2) is 16.8 Å². The zero-order chi connectivity index (χ0) is 10.9. The van der Waals surface area contributed by atoms with E-state index in [1.165, 1.54) is 11.8 Å². The summed E-state index contributed by atoms with van der Waals surface area (Å²) in [5.74, 6) is 0. The van der Waals surface area contributed by atoms with Crippen LogP contribution in [0, 0.1) is 0 Å². The molecule has 1 N–H and O–H groups in total. The summed E-state index contributed by atoms with van der Waals surface area (Å²) in [6.07, 6.45) is 7.43. The first-order valence-corrected chi connectivity index (χ1v) is 6.05. The van der Waals surface area contributed by atoms with Gasteiger partial charge in [0.25, 0.3) is 0 Å². The SMILES string of the molecule is CSC(=S)NN=CC=Cc1ccccc1. The van der Waals surface area contributed by atoms with E-state index in [1.54, 1.807) is 6.21 Å². The van der Waals surface area contributed by atoms with Crippen LogP contribution in [0.4, 0.5) is 0 Å². The van der Waals surface area contributed by atoms with E-state index in [0.29, 0.717) is 4.32 Å². The second kappa shape index (κ2) is 7.20. The number of hydrogen-bond acceptors (Lipinski definition) is 3. The third kappa shape index (κ3) is 5.34. The largest absolute Gasteiger partial charge is 0.262 e. The number of hydrogen-bond donors (Lipinski definition) is 1. The van der Waals surface area contributed by atoms with E-state index in [-0.39, 0.29) is 0 Å². The molecule has 4 heteroatoms. The van der Waals surface area contributed by atoms with E-state index in [4.69, 9.17) is 12.2 Å². The zero-order valence-electron chi connectivity index (χ0n) is 8.38. The van der Waals surface area contributed by atoms with Crippen molar-refractivity contribution in [1.82, 2.24) is 5.43 Å².